The first kappa shape index (κ1) is 57.6. The van der Waals surface area contributed by atoms with E-state index in [0.29, 0.717) is 35.5 Å². The maximum atomic E-state index is 13.4. The molecule has 2 saturated heterocycles. The standard InChI is InChI=1S/2C32H36N2O5/c2*1-32(2,3)26-19-24(28(35)13-11-22-10-12-25(31(37)38)29(36)18-22)20-27(34-16-14-33(4)15-17-34)30(26)39-21-23-8-6-5-7-9-23/h5-10,12,18-20,28,35-36H,14-17,21H2,1-4H3,(H,37,38);5-13,18-20,36H,14-17,21H2,1-4H3,(H,37,38)/b;13-11+. The molecule has 0 bridgehead atoms. The van der Waals surface area contributed by atoms with Gasteiger partial charge in [-0.25, -0.2) is 9.59 Å². The number of likely N-dealkylation sites (N-methyl/N-ethyl adjacent to an activating group) is 2. The summed E-state index contributed by atoms with van der Waals surface area (Å²) in [5, 5.41) is 49.4. The highest BCUT2D eigenvalue weighted by Gasteiger charge is 2.30. The summed E-state index contributed by atoms with van der Waals surface area (Å²) in [6, 6.07) is 36.2. The lowest BCUT2D eigenvalue weighted by Gasteiger charge is -2.37. The summed E-state index contributed by atoms with van der Waals surface area (Å²) < 4.78 is 13.0. The van der Waals surface area contributed by atoms with Crippen molar-refractivity contribution in [3.8, 4) is 34.8 Å². The van der Waals surface area contributed by atoms with Crippen molar-refractivity contribution in [2.24, 2.45) is 0 Å². The molecule has 0 amide bonds. The first-order chi connectivity index (χ1) is 37.0. The molecular formula is C64H72N4O10. The zero-order valence-electron chi connectivity index (χ0n) is 45.9. The van der Waals surface area contributed by atoms with E-state index in [1.807, 2.05) is 84.9 Å². The number of carboxylic acid groups (broad SMARTS) is 2. The van der Waals surface area contributed by atoms with Gasteiger partial charge in [0.2, 0.25) is 0 Å². The summed E-state index contributed by atoms with van der Waals surface area (Å²) in [4.78, 5) is 45.0. The molecular weight excluding hydrogens is 985 g/mol. The summed E-state index contributed by atoms with van der Waals surface area (Å²) in [5.74, 6) is 4.03. The number of rotatable bonds is 14. The number of allylic oxidation sites excluding steroid dienone is 1. The van der Waals surface area contributed by atoms with Crippen LogP contribution in [0.2, 0.25) is 0 Å². The van der Waals surface area contributed by atoms with E-state index in [-0.39, 0.29) is 39.2 Å². The number of phenols is 2. The average Bonchev–Trinajstić information content (AvgIpc) is 3.48. The number of piperazine rings is 2. The predicted molar refractivity (Wildman–Crippen MR) is 307 cm³/mol. The van der Waals surface area contributed by atoms with Crippen LogP contribution in [0, 0.1) is 11.8 Å². The Hall–Kier alpha value is -8.09. The van der Waals surface area contributed by atoms with E-state index in [1.54, 1.807) is 12.1 Å². The van der Waals surface area contributed by atoms with Gasteiger partial charge in [-0.05, 0) is 108 Å². The third-order valence-electron chi connectivity index (χ3n) is 13.8. The fourth-order valence-electron chi connectivity index (χ4n) is 9.12. The van der Waals surface area contributed by atoms with E-state index in [4.69, 9.17) is 19.7 Å². The molecule has 2 aliphatic rings. The minimum absolute atomic E-state index is 0.184. The van der Waals surface area contributed by atoms with Gasteiger partial charge in [0.15, 0.2) is 5.78 Å². The van der Waals surface area contributed by atoms with Crippen molar-refractivity contribution in [3.05, 3.63) is 183 Å². The number of benzene rings is 6. The van der Waals surface area contributed by atoms with E-state index in [1.165, 1.54) is 36.4 Å². The fraction of sp³-hybridized carbons (Fsp3) is 0.328. The lowest BCUT2D eigenvalue weighted by atomic mass is 9.84. The Morgan fingerprint density at radius 1 is 0.590 bits per heavy atom. The van der Waals surface area contributed by atoms with E-state index in [0.717, 1.165) is 97.5 Å². The van der Waals surface area contributed by atoms with E-state index in [9.17, 15) is 29.7 Å². The molecule has 2 heterocycles. The van der Waals surface area contributed by atoms with Crippen molar-refractivity contribution in [2.45, 2.75) is 71.7 Å². The minimum Gasteiger partial charge on any atom is -0.507 e. The molecule has 6 aromatic carbocycles. The van der Waals surface area contributed by atoms with Crippen molar-refractivity contribution in [2.75, 3.05) is 76.3 Å². The molecule has 0 radical (unpaired) electrons. The van der Waals surface area contributed by atoms with Gasteiger partial charge in [-0.2, -0.15) is 0 Å². The van der Waals surface area contributed by atoms with Crippen LogP contribution in [0.5, 0.6) is 23.0 Å². The second-order valence-electron chi connectivity index (χ2n) is 21.9. The number of aliphatic hydroxyl groups excluding tert-OH is 1. The van der Waals surface area contributed by atoms with Gasteiger partial charge in [0.1, 0.15) is 53.4 Å². The first-order valence-electron chi connectivity index (χ1n) is 26.2. The Balaban J connectivity index is 0.000000226. The Bertz CT molecular complexity index is 3170. The van der Waals surface area contributed by atoms with Gasteiger partial charge >= 0.3 is 11.9 Å². The molecule has 6 aromatic rings. The molecule has 0 saturated carbocycles. The van der Waals surface area contributed by atoms with Crippen LogP contribution in [0.15, 0.2) is 127 Å². The highest BCUT2D eigenvalue weighted by molar-refractivity contribution is 6.08. The average molecular weight is 1060 g/mol. The van der Waals surface area contributed by atoms with E-state index in [2.05, 4.69) is 87.1 Å². The number of ether oxygens (including phenoxy) is 2. The second-order valence-corrected chi connectivity index (χ2v) is 21.9. The lowest BCUT2D eigenvalue weighted by Crippen LogP contribution is -2.44. The molecule has 1 unspecified atom stereocenters. The van der Waals surface area contributed by atoms with Gasteiger partial charge in [-0.1, -0.05) is 126 Å². The number of carboxylic acids is 2. The largest absolute Gasteiger partial charge is 0.507 e. The summed E-state index contributed by atoms with van der Waals surface area (Å²) in [6.45, 7) is 20.6. The zero-order valence-corrected chi connectivity index (χ0v) is 45.9. The van der Waals surface area contributed by atoms with Crippen molar-refractivity contribution < 1.29 is 49.4 Å². The van der Waals surface area contributed by atoms with E-state index < -0.39 is 18.0 Å². The smallest absolute Gasteiger partial charge is 0.339 e. The van der Waals surface area contributed by atoms with Crippen LogP contribution >= 0.6 is 0 Å². The summed E-state index contributed by atoms with van der Waals surface area (Å²) in [7, 11) is 4.22. The molecule has 0 spiro atoms. The first-order valence-corrected chi connectivity index (χ1v) is 26.2. The Labute approximate surface area is 458 Å². The van der Waals surface area contributed by atoms with Crippen LogP contribution in [0.1, 0.15) is 118 Å². The molecule has 1 atom stereocenters. The van der Waals surface area contributed by atoms with Crippen LogP contribution in [0.3, 0.4) is 0 Å². The van der Waals surface area contributed by atoms with Gasteiger partial charge in [-0.3, -0.25) is 4.79 Å². The third kappa shape index (κ3) is 15.1. The number of anilines is 2. The van der Waals surface area contributed by atoms with Gasteiger partial charge in [0.25, 0.3) is 0 Å². The maximum absolute atomic E-state index is 13.4. The van der Waals surface area contributed by atoms with Crippen molar-refractivity contribution in [1.29, 1.82) is 0 Å². The summed E-state index contributed by atoms with van der Waals surface area (Å²) in [6.07, 6.45) is 1.94. The number of aromatic carboxylic acids is 2. The van der Waals surface area contributed by atoms with Gasteiger partial charge < -0.3 is 54.6 Å². The van der Waals surface area contributed by atoms with E-state index >= 15 is 0 Å². The highest BCUT2D eigenvalue weighted by atomic mass is 16.5. The minimum atomic E-state index is -1.22. The summed E-state index contributed by atoms with van der Waals surface area (Å²) in [5.41, 5.74) is 7.13. The van der Waals surface area contributed by atoms with Gasteiger partial charge in [0.05, 0.1) is 11.4 Å². The van der Waals surface area contributed by atoms with Crippen molar-refractivity contribution >= 4 is 35.2 Å². The number of carbonyl (C=O) groups is 3. The molecule has 2 aliphatic heterocycles. The van der Waals surface area contributed by atoms with Crippen molar-refractivity contribution in [3.63, 3.8) is 0 Å². The Morgan fingerprint density at radius 3 is 1.51 bits per heavy atom. The molecule has 408 valence electrons. The Morgan fingerprint density at radius 2 is 1.05 bits per heavy atom. The number of nitrogens with zero attached hydrogens (tertiary/aromatic N) is 4. The third-order valence-corrected chi connectivity index (χ3v) is 13.8. The number of hydrogen-bond donors (Lipinski definition) is 5. The van der Waals surface area contributed by atoms with Crippen LogP contribution in [0.25, 0.3) is 6.08 Å². The topological polar surface area (TPSA) is 184 Å². The summed E-state index contributed by atoms with van der Waals surface area (Å²) >= 11 is 0. The van der Waals surface area contributed by atoms with Crippen LogP contribution in [0.4, 0.5) is 11.4 Å². The number of aromatic hydroxyl groups is 2. The highest BCUT2D eigenvalue weighted by Crippen LogP contribution is 2.44. The number of ketones is 1. The molecule has 8 rings (SSSR count). The molecule has 5 N–H and O–H groups in total. The van der Waals surface area contributed by atoms with Gasteiger partial charge in [-0.15, -0.1) is 0 Å². The molecule has 2 fully saturated rings. The second kappa shape index (κ2) is 25.4. The SMILES string of the molecule is CN1CCN(c2cc(C(=O)/C=C/c3ccc(C(=O)O)c(O)c3)cc(C(C)(C)C)c2OCc2ccccc2)CC1.CN1CCN(c2cc(C(O)C#Cc3ccc(C(=O)O)c(O)c3)cc(C(C)(C)C)c2OCc2ccccc2)CC1. The predicted octanol–water partition coefficient (Wildman–Crippen LogP) is 10.4. The normalized spacial score (nSPS) is 14.7. The molecule has 14 nitrogen and oxygen atoms in total. The van der Waals surface area contributed by atoms with Crippen LogP contribution in [-0.2, 0) is 24.0 Å². The number of hydrogen-bond acceptors (Lipinski definition) is 12. The molecule has 0 aliphatic carbocycles. The molecule has 78 heavy (non-hydrogen) atoms. The molecule has 0 aromatic heterocycles. The maximum Gasteiger partial charge on any atom is 0.339 e. The number of aliphatic hydroxyl groups is 1. The molecule has 14 heteroatoms. The Kier molecular flexibility index (Phi) is 18.7. The quantitative estimate of drug-likeness (QED) is 0.0394. The van der Waals surface area contributed by atoms with Crippen LogP contribution < -0.4 is 19.3 Å². The van der Waals surface area contributed by atoms with Crippen molar-refractivity contribution in [1.82, 2.24) is 9.80 Å². The fourth-order valence-corrected chi connectivity index (χ4v) is 9.12. The monoisotopic (exact) mass is 1060 g/mol. The van der Waals surface area contributed by atoms with Crippen LogP contribution in [-0.4, -0.2) is 120 Å². The lowest BCUT2D eigenvalue weighted by molar-refractivity contribution is 0.0682. The number of carbonyl (C=O) groups excluding carboxylic acids is 1. The van der Waals surface area contributed by atoms with Gasteiger partial charge in [0, 0.05) is 74.6 Å². The zero-order chi connectivity index (χ0) is 56.3.